The molecule has 0 aliphatic rings. The number of esters is 2. The Labute approximate surface area is 262 Å². The summed E-state index contributed by atoms with van der Waals surface area (Å²) < 4.78 is 22.2. The van der Waals surface area contributed by atoms with Crippen molar-refractivity contribution in [3.8, 4) is 0 Å². The normalized spacial score (nSPS) is 13.2. The second-order valence-electron chi connectivity index (χ2n) is 12.5. The third kappa shape index (κ3) is 28.6. The molecule has 0 rings (SSSR count). The minimum absolute atomic E-state index is 0.148. The second-order valence-corrected chi connectivity index (χ2v) is 12.5. The maximum Gasteiger partial charge on any atom is 0.306 e. The van der Waals surface area contributed by atoms with Crippen LogP contribution in [0.1, 0.15) is 129 Å². The molecule has 0 saturated heterocycles. The van der Waals surface area contributed by atoms with E-state index in [2.05, 4.69) is 26.0 Å². The van der Waals surface area contributed by atoms with Gasteiger partial charge in [0, 0.05) is 12.8 Å². The smallest absolute Gasteiger partial charge is 0.306 e. The number of hydrogen-bond donors (Lipinski definition) is 0. The maximum absolute atomic E-state index is 12.5. The molecule has 0 aromatic rings. The monoisotopic (exact) mass is 613 g/mol. The van der Waals surface area contributed by atoms with Gasteiger partial charge in [-0.15, -0.1) is 0 Å². The van der Waals surface area contributed by atoms with Crippen LogP contribution >= 0.6 is 0 Å². The van der Waals surface area contributed by atoms with Gasteiger partial charge in [0.15, 0.2) is 12.4 Å². The number of likely N-dealkylation sites (N-methyl/N-ethyl adjacent to an activating group) is 1. The van der Waals surface area contributed by atoms with Gasteiger partial charge in [0.2, 0.25) is 0 Å². The maximum atomic E-state index is 12.5. The number of allylic oxidation sites excluding steroid dienone is 2. The van der Waals surface area contributed by atoms with Crippen molar-refractivity contribution in [2.75, 3.05) is 47.5 Å². The molecule has 0 aromatic heterocycles. The number of carbonyl (C=O) groups excluding carboxylic acids is 3. The number of unbranched alkanes of at least 4 members (excludes halogenated alkanes) is 13. The summed E-state index contributed by atoms with van der Waals surface area (Å²) in [5, 5.41) is 11.5. The van der Waals surface area contributed by atoms with Crippen molar-refractivity contribution >= 4 is 17.9 Å². The Hall–Kier alpha value is -1.97. The van der Waals surface area contributed by atoms with Crippen LogP contribution in [0.15, 0.2) is 12.2 Å². The number of ether oxygens (including phenoxy) is 4. The molecule has 252 valence electrons. The van der Waals surface area contributed by atoms with E-state index in [0.29, 0.717) is 17.4 Å². The first-order chi connectivity index (χ1) is 20.6. The van der Waals surface area contributed by atoms with Crippen molar-refractivity contribution in [3.05, 3.63) is 12.2 Å². The van der Waals surface area contributed by atoms with Crippen LogP contribution in [-0.4, -0.2) is 82.3 Å². The van der Waals surface area contributed by atoms with Gasteiger partial charge in [0.25, 0.3) is 0 Å². The Kier molecular flexibility index (Phi) is 26.3. The first kappa shape index (κ1) is 41.0. The third-order valence-electron chi connectivity index (χ3n) is 7.01. The zero-order valence-corrected chi connectivity index (χ0v) is 28.1. The van der Waals surface area contributed by atoms with Gasteiger partial charge in [-0.1, -0.05) is 90.2 Å². The van der Waals surface area contributed by atoms with Crippen LogP contribution < -0.4 is 5.11 Å². The fourth-order valence-electron chi connectivity index (χ4n) is 4.29. The van der Waals surface area contributed by atoms with Gasteiger partial charge in [-0.05, 0) is 38.5 Å². The average Bonchev–Trinajstić information content (AvgIpc) is 2.94. The highest BCUT2D eigenvalue weighted by molar-refractivity contribution is 5.70. The minimum atomic E-state index is -1.61. The van der Waals surface area contributed by atoms with E-state index in [1.54, 1.807) is 0 Å². The predicted octanol–water partition coefficient (Wildman–Crippen LogP) is 5.87. The summed E-state index contributed by atoms with van der Waals surface area (Å²) in [7, 11) is 5.88. The van der Waals surface area contributed by atoms with Gasteiger partial charge in [0.05, 0.1) is 40.3 Å². The lowest BCUT2D eigenvalue weighted by atomic mass is 10.1. The molecule has 0 bridgehead atoms. The number of nitrogens with zero attached hydrogens (tertiary/aromatic N) is 1. The van der Waals surface area contributed by atoms with Gasteiger partial charge in [-0.3, -0.25) is 9.59 Å². The van der Waals surface area contributed by atoms with Crippen LogP contribution in [0.25, 0.3) is 0 Å². The molecule has 0 heterocycles. The molecule has 0 aromatic carbocycles. The molecule has 0 amide bonds. The molecule has 0 saturated carbocycles. The standard InChI is InChI=1S/C34H63NO8/c1-6-8-10-12-13-14-15-16-17-18-19-21-23-25-32(37)43-30(28-41-31(36)24-22-20-11-9-7-2)29-42-34(33(38)39)40-27-26-35(3,4)5/h14-15,30,34H,6-13,16-29H2,1-5H3/b15-14-. The topological polar surface area (TPSA) is 111 Å². The van der Waals surface area contributed by atoms with Crippen molar-refractivity contribution < 1.29 is 42.9 Å². The highest BCUT2D eigenvalue weighted by atomic mass is 16.7. The molecule has 9 nitrogen and oxygen atoms in total. The molecule has 0 N–H and O–H groups in total. The fraction of sp³-hybridized carbons (Fsp3) is 0.853. The summed E-state index contributed by atoms with van der Waals surface area (Å²) in [5.74, 6) is -2.32. The number of quaternary nitrogens is 1. The van der Waals surface area contributed by atoms with E-state index in [-0.39, 0.29) is 38.6 Å². The summed E-state index contributed by atoms with van der Waals surface area (Å²) in [5.41, 5.74) is 0. The van der Waals surface area contributed by atoms with Gasteiger partial charge >= 0.3 is 11.9 Å². The molecule has 2 unspecified atom stereocenters. The minimum Gasteiger partial charge on any atom is -0.545 e. The van der Waals surface area contributed by atoms with Crippen molar-refractivity contribution in [3.63, 3.8) is 0 Å². The molecule has 0 aliphatic carbocycles. The number of carboxylic acid groups (broad SMARTS) is 1. The molecule has 43 heavy (non-hydrogen) atoms. The van der Waals surface area contributed by atoms with Gasteiger partial charge in [0.1, 0.15) is 13.2 Å². The fourth-order valence-corrected chi connectivity index (χ4v) is 4.29. The number of carboxylic acids is 1. The van der Waals surface area contributed by atoms with E-state index in [4.69, 9.17) is 18.9 Å². The van der Waals surface area contributed by atoms with Crippen LogP contribution in [0.3, 0.4) is 0 Å². The van der Waals surface area contributed by atoms with E-state index >= 15 is 0 Å². The number of rotatable bonds is 30. The molecular formula is C34H63NO8. The quantitative estimate of drug-likeness (QED) is 0.0325. The van der Waals surface area contributed by atoms with Gasteiger partial charge < -0.3 is 33.3 Å². The number of carbonyl (C=O) groups is 3. The molecular weight excluding hydrogens is 550 g/mol. The summed E-state index contributed by atoms with van der Waals surface area (Å²) in [6.07, 6.45) is 20.0. The predicted molar refractivity (Wildman–Crippen MR) is 168 cm³/mol. The number of aliphatic carboxylic acids is 1. The summed E-state index contributed by atoms with van der Waals surface area (Å²) in [6, 6.07) is 0. The Bertz CT molecular complexity index is 734. The van der Waals surface area contributed by atoms with Crippen LogP contribution in [-0.2, 0) is 33.3 Å². The van der Waals surface area contributed by atoms with E-state index < -0.39 is 24.3 Å². The number of hydrogen-bond acceptors (Lipinski definition) is 8. The first-order valence-corrected chi connectivity index (χ1v) is 16.8. The van der Waals surface area contributed by atoms with Crippen molar-refractivity contribution in [1.82, 2.24) is 0 Å². The van der Waals surface area contributed by atoms with Crippen LogP contribution in [0.2, 0.25) is 0 Å². The molecule has 9 heteroatoms. The Morgan fingerprint density at radius 1 is 0.674 bits per heavy atom. The van der Waals surface area contributed by atoms with Crippen LogP contribution in [0.5, 0.6) is 0 Å². The second kappa shape index (κ2) is 27.6. The lowest BCUT2D eigenvalue weighted by Crippen LogP contribution is -2.44. The lowest BCUT2D eigenvalue weighted by Gasteiger charge is -2.26. The highest BCUT2D eigenvalue weighted by Crippen LogP contribution is 2.11. The van der Waals surface area contributed by atoms with Gasteiger partial charge in [-0.2, -0.15) is 0 Å². The molecule has 0 spiro atoms. The highest BCUT2D eigenvalue weighted by Gasteiger charge is 2.21. The van der Waals surface area contributed by atoms with E-state index in [9.17, 15) is 19.5 Å². The van der Waals surface area contributed by atoms with Crippen molar-refractivity contribution in [1.29, 1.82) is 0 Å². The zero-order valence-electron chi connectivity index (χ0n) is 28.1. The van der Waals surface area contributed by atoms with Crippen LogP contribution in [0, 0.1) is 0 Å². The van der Waals surface area contributed by atoms with Crippen LogP contribution in [0.4, 0.5) is 0 Å². The molecule has 0 aliphatic heterocycles. The molecule has 0 fully saturated rings. The summed E-state index contributed by atoms with van der Waals surface area (Å²) in [6.45, 7) is 4.58. The Morgan fingerprint density at radius 3 is 1.74 bits per heavy atom. The zero-order chi connectivity index (χ0) is 32.2. The first-order valence-electron chi connectivity index (χ1n) is 16.8. The van der Waals surface area contributed by atoms with E-state index in [1.807, 2.05) is 21.1 Å². The van der Waals surface area contributed by atoms with Crippen molar-refractivity contribution in [2.24, 2.45) is 0 Å². The lowest BCUT2D eigenvalue weighted by molar-refractivity contribution is -0.870. The molecule has 2 atom stereocenters. The van der Waals surface area contributed by atoms with Gasteiger partial charge in [-0.25, -0.2) is 0 Å². The summed E-state index contributed by atoms with van der Waals surface area (Å²) >= 11 is 0. The molecule has 0 radical (unpaired) electrons. The van der Waals surface area contributed by atoms with Crippen molar-refractivity contribution in [2.45, 2.75) is 142 Å². The third-order valence-corrected chi connectivity index (χ3v) is 7.01. The average molecular weight is 614 g/mol. The Morgan fingerprint density at radius 2 is 1.19 bits per heavy atom. The summed E-state index contributed by atoms with van der Waals surface area (Å²) in [4.78, 5) is 36.3. The van der Waals surface area contributed by atoms with E-state index in [1.165, 1.54) is 32.1 Å². The Balaban J connectivity index is 4.55. The SMILES string of the molecule is CCCCCC/C=C\CCCCCCCC(=O)OC(COC(=O)CCCCCCC)COC(OCC[N+](C)(C)C)C(=O)[O-]. The largest absolute Gasteiger partial charge is 0.545 e. The van der Waals surface area contributed by atoms with E-state index in [0.717, 1.165) is 64.2 Å².